The molecule has 3 heterocycles. The first kappa shape index (κ1) is 26.7. The van der Waals surface area contributed by atoms with Crippen molar-refractivity contribution in [2.24, 2.45) is 0 Å². The molecule has 0 unspecified atom stereocenters. The van der Waals surface area contributed by atoms with Gasteiger partial charge in [-0.3, -0.25) is 0 Å². The first-order valence-electron chi connectivity index (χ1n) is 22.4. The van der Waals surface area contributed by atoms with Gasteiger partial charge in [-0.25, -0.2) is 4.98 Å². The van der Waals surface area contributed by atoms with Crippen LogP contribution in [-0.4, -0.2) is 4.98 Å². The summed E-state index contributed by atoms with van der Waals surface area (Å²) in [6.45, 7) is 0. The Balaban J connectivity index is 1.20. The van der Waals surface area contributed by atoms with Gasteiger partial charge in [0.05, 0.1) is 9.60 Å². The van der Waals surface area contributed by atoms with E-state index < -0.39 is 6.04 Å². The van der Waals surface area contributed by atoms with Gasteiger partial charge in [-0.2, -0.15) is 0 Å². The van der Waals surface area contributed by atoms with Crippen LogP contribution >= 0.6 is 22.7 Å². The third-order valence-electron chi connectivity index (χ3n) is 10.8. The molecule has 12 rings (SSSR count). The van der Waals surface area contributed by atoms with E-state index >= 15 is 0 Å². The molecular weight excluding hydrogens is 745 g/mol. The van der Waals surface area contributed by atoms with Gasteiger partial charge in [-0.1, -0.05) is 121 Å². The van der Waals surface area contributed by atoms with E-state index in [2.05, 4.69) is 48.5 Å². The van der Waals surface area contributed by atoms with Crippen molar-refractivity contribution in [2.75, 3.05) is 4.90 Å². The minimum Gasteiger partial charge on any atom is -0.436 e. The highest BCUT2D eigenvalue weighted by atomic mass is 32.1. The van der Waals surface area contributed by atoms with Crippen molar-refractivity contribution in [3.8, 4) is 33.7 Å². The van der Waals surface area contributed by atoms with Crippen molar-refractivity contribution < 1.29 is 14.0 Å². The van der Waals surface area contributed by atoms with Crippen LogP contribution in [0.2, 0.25) is 0 Å². The minimum absolute atomic E-state index is 0.112. The zero-order chi connectivity index (χ0) is 44.2. The summed E-state index contributed by atoms with van der Waals surface area (Å²) < 4.78 is 72.9. The van der Waals surface area contributed by atoms with Crippen LogP contribution in [0.25, 0.3) is 95.9 Å². The summed E-state index contributed by atoms with van der Waals surface area (Å²) in [7, 11) is 0. The third-order valence-corrected chi connectivity index (χ3v) is 12.9. The van der Waals surface area contributed by atoms with E-state index in [-0.39, 0.29) is 62.1 Å². The summed E-state index contributed by atoms with van der Waals surface area (Å²) in [5.41, 5.74) is 7.23. The second-order valence-electron chi connectivity index (χ2n) is 14.1. The van der Waals surface area contributed by atoms with Crippen molar-refractivity contribution in [2.45, 2.75) is 0 Å². The molecule has 0 spiro atoms. The maximum absolute atomic E-state index is 10.0. The van der Waals surface area contributed by atoms with Crippen LogP contribution in [-0.2, 0) is 0 Å². The predicted octanol–water partition coefficient (Wildman–Crippen LogP) is 16.2. The Labute approximate surface area is 352 Å². The predicted molar refractivity (Wildman–Crippen MR) is 248 cm³/mol. The Kier molecular flexibility index (Phi) is 6.12. The number of oxazole rings is 1. The fourth-order valence-electron chi connectivity index (χ4n) is 8.11. The molecule has 0 bridgehead atoms. The molecule has 12 aromatic rings. The number of nitrogens with zero attached hydrogens (tertiary/aromatic N) is 2. The highest BCUT2D eigenvalue weighted by Gasteiger charge is 2.23. The van der Waals surface area contributed by atoms with Crippen LogP contribution in [0.15, 0.2) is 198 Å². The summed E-state index contributed by atoms with van der Waals surface area (Å²) in [6.07, 6.45) is 0. The summed E-state index contributed by atoms with van der Waals surface area (Å²) >= 11 is 2.68. The number of thiophene rings is 2. The number of anilines is 3. The average molecular weight is 784 g/mol. The van der Waals surface area contributed by atoms with Crippen molar-refractivity contribution in [1.29, 1.82) is 0 Å². The van der Waals surface area contributed by atoms with Gasteiger partial charge in [0.15, 0.2) is 5.58 Å². The summed E-state index contributed by atoms with van der Waals surface area (Å²) in [5, 5.41) is 4.73. The standard InChI is InChI=1S/C53H32N2OS2/c1-3-12-33(13-4-1)34-22-25-37(26-23-34)55(38-27-29-47-43(30-38)41-18-9-10-21-46(41)57-47)39-31-44(42-19-11-20-45-52(42)54-53(56-45)36-15-5-2-6-16-36)51-49(32-39)58-48-28-24-35-14-7-8-17-40(35)50(48)51/h1-32H/i9D,10D,18D,21D,27D,29D,30D. The van der Waals surface area contributed by atoms with E-state index in [0.717, 1.165) is 70.1 Å². The largest absolute Gasteiger partial charge is 0.436 e. The Hall–Kier alpha value is -7.05. The van der Waals surface area contributed by atoms with Crippen LogP contribution in [0.4, 0.5) is 17.1 Å². The molecule has 3 nitrogen and oxygen atoms in total. The molecule has 0 saturated heterocycles. The number of fused-ring (bicyclic) bond motifs is 9. The highest BCUT2D eigenvalue weighted by molar-refractivity contribution is 7.26. The fraction of sp³-hybridized carbons (Fsp3) is 0. The number of hydrogen-bond donors (Lipinski definition) is 0. The third kappa shape index (κ3) is 5.36. The minimum atomic E-state index is -0.414. The van der Waals surface area contributed by atoms with Gasteiger partial charge in [0, 0.05) is 68.5 Å². The Bertz CT molecular complexity index is 3920. The Morgan fingerprint density at radius 1 is 0.483 bits per heavy atom. The molecule has 0 aliphatic heterocycles. The van der Waals surface area contributed by atoms with E-state index in [1.807, 2.05) is 108 Å². The summed E-state index contributed by atoms with van der Waals surface area (Å²) in [5.74, 6) is 0.496. The number of benzene rings is 9. The maximum atomic E-state index is 10.0. The lowest BCUT2D eigenvalue weighted by Crippen LogP contribution is -2.10. The fourth-order valence-corrected chi connectivity index (χ4v) is 10.2. The second kappa shape index (κ2) is 13.3. The molecular formula is C53H32N2OS2. The van der Waals surface area contributed by atoms with Crippen LogP contribution in [0.1, 0.15) is 9.60 Å². The molecule has 3 aromatic heterocycles. The van der Waals surface area contributed by atoms with E-state index in [4.69, 9.17) is 14.9 Å². The van der Waals surface area contributed by atoms with Crippen LogP contribution in [0.3, 0.4) is 0 Å². The first-order valence-corrected chi connectivity index (χ1v) is 20.5. The van der Waals surface area contributed by atoms with Crippen molar-refractivity contribution >= 4 is 102 Å². The molecule has 0 aliphatic rings. The van der Waals surface area contributed by atoms with E-state index in [0.29, 0.717) is 28.4 Å². The number of hydrogen-bond acceptors (Lipinski definition) is 5. The monoisotopic (exact) mass is 783 g/mol. The molecule has 0 radical (unpaired) electrons. The molecule has 0 amide bonds. The van der Waals surface area contributed by atoms with Gasteiger partial charge in [0.1, 0.15) is 5.52 Å². The zero-order valence-electron chi connectivity index (χ0n) is 37.6. The van der Waals surface area contributed by atoms with Gasteiger partial charge in [0.25, 0.3) is 0 Å². The molecule has 272 valence electrons. The normalized spacial score (nSPS) is 13.5. The topological polar surface area (TPSA) is 29.3 Å². The van der Waals surface area contributed by atoms with Crippen molar-refractivity contribution in [3.05, 3.63) is 194 Å². The Morgan fingerprint density at radius 3 is 2.09 bits per heavy atom. The van der Waals surface area contributed by atoms with E-state index in [1.54, 1.807) is 11.3 Å². The van der Waals surface area contributed by atoms with E-state index in [1.165, 1.54) is 0 Å². The number of para-hydroxylation sites is 1. The molecule has 0 atom stereocenters. The number of rotatable bonds is 6. The van der Waals surface area contributed by atoms with Gasteiger partial charge in [0.2, 0.25) is 5.89 Å². The lowest BCUT2D eigenvalue weighted by atomic mass is 9.95. The average Bonchev–Trinajstić information content (AvgIpc) is 4.08. The molecule has 0 aliphatic carbocycles. The maximum Gasteiger partial charge on any atom is 0.227 e. The molecule has 0 N–H and O–H groups in total. The molecule has 5 heteroatoms. The smallest absolute Gasteiger partial charge is 0.227 e. The highest BCUT2D eigenvalue weighted by Crippen LogP contribution is 2.49. The summed E-state index contributed by atoms with van der Waals surface area (Å²) in [4.78, 5) is 6.98. The van der Waals surface area contributed by atoms with Gasteiger partial charge < -0.3 is 9.32 Å². The van der Waals surface area contributed by atoms with Gasteiger partial charge in [-0.15, -0.1) is 22.7 Å². The lowest BCUT2D eigenvalue weighted by molar-refractivity contribution is 0.620. The molecule has 58 heavy (non-hydrogen) atoms. The van der Waals surface area contributed by atoms with Crippen LogP contribution in [0.5, 0.6) is 0 Å². The quantitative estimate of drug-likeness (QED) is 0.168. The second-order valence-corrected chi connectivity index (χ2v) is 16.3. The van der Waals surface area contributed by atoms with E-state index in [9.17, 15) is 4.11 Å². The van der Waals surface area contributed by atoms with Crippen molar-refractivity contribution in [3.63, 3.8) is 0 Å². The number of aromatic nitrogens is 1. The summed E-state index contributed by atoms with van der Waals surface area (Å²) in [6, 6.07) is 48.8. The van der Waals surface area contributed by atoms with Crippen molar-refractivity contribution in [1.82, 2.24) is 4.98 Å². The van der Waals surface area contributed by atoms with Gasteiger partial charge in [-0.05, 0) is 100 Å². The lowest BCUT2D eigenvalue weighted by Gasteiger charge is -2.27. The molecule has 9 aromatic carbocycles. The van der Waals surface area contributed by atoms with Gasteiger partial charge >= 0.3 is 0 Å². The first-order chi connectivity index (χ1) is 31.7. The van der Waals surface area contributed by atoms with Crippen LogP contribution < -0.4 is 4.90 Å². The Morgan fingerprint density at radius 2 is 1.22 bits per heavy atom. The van der Waals surface area contributed by atoms with Crippen LogP contribution in [0, 0.1) is 0 Å². The SMILES string of the molecule is [2H]c1c([2H])c([2H])c2c(sc3c([2H])c([2H])c(N(c4ccc(-c5ccccc5)cc4)c4cc(-c5cccc6oc(-c7ccccc7)nc56)c5c(c4)sc4ccc6ccccc6c45)c([2H])c32)c1[2H]. The molecule has 0 fully saturated rings. The molecule has 0 saturated carbocycles. The zero-order valence-corrected chi connectivity index (χ0v) is 32.2.